The summed E-state index contributed by atoms with van der Waals surface area (Å²) in [5, 5.41) is 6.80. The number of benzene rings is 2. The van der Waals surface area contributed by atoms with Gasteiger partial charge in [-0.25, -0.2) is 0 Å². The standard InChI is InChI=1S/C26H33N3O3/c1-17(2)12-25(30)28-22-8-9-23-20(14-22)15-24(26(31)27-10-11-32-5)29(23)16-21-13-18(3)6-7-19(21)4/h6-9,13-15,17H,10-12,16H2,1-5H3,(H,27,31)(H,28,30). The fourth-order valence-corrected chi connectivity index (χ4v) is 3.79. The Morgan fingerprint density at radius 1 is 1.06 bits per heavy atom. The Balaban J connectivity index is 1.99. The second-order valence-corrected chi connectivity index (χ2v) is 8.71. The molecule has 2 aromatic carbocycles. The van der Waals surface area contributed by atoms with Crippen molar-refractivity contribution in [1.29, 1.82) is 0 Å². The van der Waals surface area contributed by atoms with E-state index in [9.17, 15) is 9.59 Å². The zero-order chi connectivity index (χ0) is 23.3. The molecule has 0 saturated carbocycles. The Hall–Kier alpha value is -3.12. The third-order valence-corrected chi connectivity index (χ3v) is 5.44. The van der Waals surface area contributed by atoms with Gasteiger partial charge < -0.3 is 19.9 Å². The van der Waals surface area contributed by atoms with Crippen LogP contribution in [0.15, 0.2) is 42.5 Å². The number of methoxy groups -OCH3 is 1. The summed E-state index contributed by atoms with van der Waals surface area (Å²) in [5.41, 5.74) is 5.80. The maximum absolute atomic E-state index is 13.0. The average Bonchev–Trinajstić information content (AvgIpc) is 3.08. The van der Waals surface area contributed by atoms with E-state index < -0.39 is 0 Å². The molecule has 6 heteroatoms. The van der Waals surface area contributed by atoms with Crippen LogP contribution in [-0.2, 0) is 16.1 Å². The minimum absolute atomic E-state index is 0.00768. The number of hydrogen-bond acceptors (Lipinski definition) is 3. The van der Waals surface area contributed by atoms with E-state index in [0.29, 0.717) is 37.7 Å². The molecule has 0 aliphatic carbocycles. The molecule has 6 nitrogen and oxygen atoms in total. The van der Waals surface area contributed by atoms with Crippen LogP contribution >= 0.6 is 0 Å². The van der Waals surface area contributed by atoms with Gasteiger partial charge in [0.15, 0.2) is 0 Å². The lowest BCUT2D eigenvalue weighted by molar-refractivity contribution is -0.116. The van der Waals surface area contributed by atoms with E-state index in [4.69, 9.17) is 4.74 Å². The molecular formula is C26H33N3O3. The molecule has 2 amide bonds. The third-order valence-electron chi connectivity index (χ3n) is 5.44. The monoisotopic (exact) mass is 435 g/mol. The Morgan fingerprint density at radius 2 is 1.84 bits per heavy atom. The highest BCUT2D eigenvalue weighted by molar-refractivity contribution is 6.00. The van der Waals surface area contributed by atoms with Gasteiger partial charge in [-0.1, -0.05) is 37.6 Å². The molecule has 0 unspecified atom stereocenters. The Bertz CT molecular complexity index is 1110. The first-order chi connectivity index (χ1) is 15.3. The molecule has 0 spiro atoms. The van der Waals surface area contributed by atoms with Crippen LogP contribution < -0.4 is 10.6 Å². The number of amides is 2. The van der Waals surface area contributed by atoms with Crippen molar-refractivity contribution in [3.63, 3.8) is 0 Å². The largest absolute Gasteiger partial charge is 0.383 e. The highest BCUT2D eigenvalue weighted by Crippen LogP contribution is 2.26. The zero-order valence-corrected chi connectivity index (χ0v) is 19.6. The molecule has 1 heterocycles. The first-order valence-corrected chi connectivity index (χ1v) is 11.0. The number of hydrogen-bond donors (Lipinski definition) is 2. The van der Waals surface area contributed by atoms with Gasteiger partial charge in [-0.3, -0.25) is 9.59 Å². The number of carbonyl (C=O) groups is 2. The van der Waals surface area contributed by atoms with Crippen molar-refractivity contribution in [2.45, 2.75) is 40.7 Å². The van der Waals surface area contributed by atoms with Crippen LogP contribution in [0.5, 0.6) is 0 Å². The molecule has 0 aliphatic rings. The second-order valence-electron chi connectivity index (χ2n) is 8.71. The zero-order valence-electron chi connectivity index (χ0n) is 19.6. The van der Waals surface area contributed by atoms with Gasteiger partial charge in [0.25, 0.3) is 5.91 Å². The maximum atomic E-state index is 13.0. The predicted molar refractivity (Wildman–Crippen MR) is 129 cm³/mol. The van der Waals surface area contributed by atoms with E-state index in [0.717, 1.165) is 16.6 Å². The molecule has 1 aromatic heterocycles. The van der Waals surface area contributed by atoms with Gasteiger partial charge in [0.1, 0.15) is 5.69 Å². The van der Waals surface area contributed by atoms with Gasteiger partial charge in [0.05, 0.1) is 6.61 Å². The Kier molecular flexibility index (Phi) is 7.70. The van der Waals surface area contributed by atoms with Gasteiger partial charge in [-0.2, -0.15) is 0 Å². The van der Waals surface area contributed by atoms with E-state index in [1.807, 2.05) is 42.7 Å². The van der Waals surface area contributed by atoms with Gasteiger partial charge in [0.2, 0.25) is 5.91 Å². The van der Waals surface area contributed by atoms with Crippen molar-refractivity contribution in [3.8, 4) is 0 Å². The van der Waals surface area contributed by atoms with Gasteiger partial charge in [0, 0.05) is 43.2 Å². The van der Waals surface area contributed by atoms with Crippen molar-refractivity contribution >= 4 is 28.4 Å². The van der Waals surface area contributed by atoms with Gasteiger partial charge >= 0.3 is 0 Å². The lowest BCUT2D eigenvalue weighted by atomic mass is 10.1. The summed E-state index contributed by atoms with van der Waals surface area (Å²) in [6, 6.07) is 14.0. The number of fused-ring (bicyclic) bond motifs is 1. The van der Waals surface area contributed by atoms with Crippen molar-refractivity contribution in [2.24, 2.45) is 5.92 Å². The fraction of sp³-hybridized carbons (Fsp3) is 0.385. The molecule has 0 atom stereocenters. The molecule has 0 bridgehead atoms. The molecule has 3 aromatic rings. The van der Waals surface area contributed by atoms with Crippen LogP contribution in [0.4, 0.5) is 5.69 Å². The fourth-order valence-electron chi connectivity index (χ4n) is 3.79. The summed E-state index contributed by atoms with van der Waals surface area (Å²) in [6.45, 7) is 9.67. The van der Waals surface area contributed by atoms with E-state index in [-0.39, 0.29) is 11.8 Å². The minimum atomic E-state index is -0.144. The van der Waals surface area contributed by atoms with Crippen molar-refractivity contribution in [1.82, 2.24) is 9.88 Å². The topological polar surface area (TPSA) is 72.4 Å². The molecule has 0 fully saturated rings. The predicted octanol–water partition coefficient (Wildman–Crippen LogP) is 4.67. The van der Waals surface area contributed by atoms with Crippen LogP contribution in [0, 0.1) is 19.8 Å². The summed E-state index contributed by atoms with van der Waals surface area (Å²) in [5.74, 6) is 0.139. The van der Waals surface area contributed by atoms with Crippen LogP contribution in [0.3, 0.4) is 0 Å². The normalized spacial score (nSPS) is 11.2. The first-order valence-electron chi connectivity index (χ1n) is 11.0. The first kappa shape index (κ1) is 23.5. The van der Waals surface area contributed by atoms with E-state index >= 15 is 0 Å². The summed E-state index contributed by atoms with van der Waals surface area (Å²) >= 11 is 0. The van der Waals surface area contributed by atoms with Gasteiger partial charge in [-0.05, 0) is 55.2 Å². The van der Waals surface area contributed by atoms with Crippen LogP contribution in [0.2, 0.25) is 0 Å². The summed E-state index contributed by atoms with van der Waals surface area (Å²) < 4.78 is 7.10. The van der Waals surface area contributed by atoms with Crippen molar-refractivity contribution in [2.75, 3.05) is 25.6 Å². The summed E-state index contributed by atoms with van der Waals surface area (Å²) in [4.78, 5) is 25.2. The number of nitrogens with zero attached hydrogens (tertiary/aromatic N) is 1. The third kappa shape index (κ3) is 5.77. The van der Waals surface area contributed by atoms with Crippen LogP contribution in [0.25, 0.3) is 10.9 Å². The molecule has 3 rings (SSSR count). The number of aryl methyl sites for hydroxylation is 2. The lowest BCUT2D eigenvalue weighted by Crippen LogP contribution is -2.29. The van der Waals surface area contributed by atoms with E-state index in [1.165, 1.54) is 16.7 Å². The molecule has 170 valence electrons. The lowest BCUT2D eigenvalue weighted by Gasteiger charge is -2.14. The average molecular weight is 436 g/mol. The molecule has 32 heavy (non-hydrogen) atoms. The van der Waals surface area contributed by atoms with Crippen molar-refractivity contribution < 1.29 is 14.3 Å². The van der Waals surface area contributed by atoms with Crippen LogP contribution in [-0.4, -0.2) is 36.6 Å². The highest BCUT2D eigenvalue weighted by atomic mass is 16.5. The summed E-state index contributed by atoms with van der Waals surface area (Å²) in [6.07, 6.45) is 0.471. The minimum Gasteiger partial charge on any atom is -0.383 e. The number of aromatic nitrogens is 1. The molecule has 0 saturated heterocycles. The molecule has 0 radical (unpaired) electrons. The summed E-state index contributed by atoms with van der Waals surface area (Å²) in [7, 11) is 1.61. The molecule has 2 N–H and O–H groups in total. The number of rotatable bonds is 9. The van der Waals surface area contributed by atoms with E-state index in [2.05, 4.69) is 42.7 Å². The number of anilines is 1. The number of carbonyl (C=O) groups excluding carboxylic acids is 2. The number of nitrogens with one attached hydrogen (secondary N) is 2. The Labute approximate surface area is 190 Å². The maximum Gasteiger partial charge on any atom is 0.268 e. The second kappa shape index (κ2) is 10.5. The molecular weight excluding hydrogens is 402 g/mol. The SMILES string of the molecule is COCCNC(=O)c1cc2cc(NC(=O)CC(C)C)ccc2n1Cc1cc(C)ccc1C. The van der Waals surface area contributed by atoms with Crippen LogP contribution in [0.1, 0.15) is 47.4 Å². The number of ether oxygens (including phenoxy) is 1. The Morgan fingerprint density at radius 3 is 2.56 bits per heavy atom. The quantitative estimate of drug-likeness (QED) is 0.480. The smallest absolute Gasteiger partial charge is 0.268 e. The van der Waals surface area contributed by atoms with E-state index in [1.54, 1.807) is 7.11 Å². The van der Waals surface area contributed by atoms with Crippen molar-refractivity contribution in [3.05, 3.63) is 64.8 Å². The highest BCUT2D eigenvalue weighted by Gasteiger charge is 2.17. The van der Waals surface area contributed by atoms with Gasteiger partial charge in [-0.15, -0.1) is 0 Å². The molecule has 0 aliphatic heterocycles.